The average molecular weight is 174 g/mol. The topological polar surface area (TPSA) is 33.0 Å². The molecule has 2 nitrogen and oxygen atoms in total. The molecule has 0 aliphatic rings. The van der Waals surface area contributed by atoms with Crippen LogP contribution in [0.25, 0.3) is 0 Å². The van der Waals surface area contributed by atoms with Crippen LogP contribution in [0.4, 0.5) is 0 Å². The molecule has 2 heteroatoms. The van der Waals surface area contributed by atoms with Crippen molar-refractivity contribution in [2.24, 2.45) is 0 Å². The third kappa shape index (κ3) is 2.22. The van der Waals surface area contributed by atoms with Gasteiger partial charge in [-0.05, 0) is 32.4 Å². The highest BCUT2D eigenvalue weighted by atomic mass is 16.5. The van der Waals surface area contributed by atoms with Gasteiger partial charge >= 0.3 is 0 Å². The molecule has 1 rings (SSSR count). The van der Waals surface area contributed by atoms with Crippen molar-refractivity contribution in [2.75, 3.05) is 0 Å². The van der Waals surface area contributed by atoms with E-state index < -0.39 is 0 Å². The summed E-state index contributed by atoms with van der Waals surface area (Å²) in [7, 11) is 0. The lowest BCUT2D eigenvalue weighted by Crippen LogP contribution is -2.07. The molecule has 13 heavy (non-hydrogen) atoms. The standard InChI is InChI=1S/C11H12NO/c1-8(2)13-11-6-4-5-9(3)10(11)7-12/h4-6,8H,3H2,1-2H3. The highest BCUT2D eigenvalue weighted by Crippen LogP contribution is 2.21. The minimum Gasteiger partial charge on any atom is -0.490 e. The number of nitriles is 1. The van der Waals surface area contributed by atoms with E-state index in [1.54, 1.807) is 12.1 Å². The summed E-state index contributed by atoms with van der Waals surface area (Å²) < 4.78 is 5.45. The zero-order chi connectivity index (χ0) is 9.84. The number of benzene rings is 1. The number of hydrogen-bond acceptors (Lipinski definition) is 2. The zero-order valence-corrected chi connectivity index (χ0v) is 7.87. The van der Waals surface area contributed by atoms with E-state index >= 15 is 0 Å². The van der Waals surface area contributed by atoms with Gasteiger partial charge < -0.3 is 4.74 Å². The van der Waals surface area contributed by atoms with Gasteiger partial charge in [0, 0.05) is 0 Å². The van der Waals surface area contributed by atoms with Gasteiger partial charge in [-0.3, -0.25) is 0 Å². The van der Waals surface area contributed by atoms with Gasteiger partial charge in [-0.2, -0.15) is 5.26 Å². The van der Waals surface area contributed by atoms with Crippen LogP contribution in [0.2, 0.25) is 0 Å². The summed E-state index contributed by atoms with van der Waals surface area (Å²) in [6, 6.07) is 7.50. The van der Waals surface area contributed by atoms with E-state index in [1.807, 2.05) is 19.9 Å². The van der Waals surface area contributed by atoms with E-state index in [-0.39, 0.29) is 6.10 Å². The fraction of sp³-hybridized carbons (Fsp3) is 0.273. The van der Waals surface area contributed by atoms with Crippen LogP contribution in [0.15, 0.2) is 18.2 Å². The lowest BCUT2D eigenvalue weighted by atomic mass is 10.1. The molecule has 0 saturated carbocycles. The molecule has 0 fully saturated rings. The second-order valence-electron chi connectivity index (χ2n) is 3.07. The average Bonchev–Trinajstić information content (AvgIpc) is 2.03. The molecule has 0 unspecified atom stereocenters. The first-order valence-electron chi connectivity index (χ1n) is 4.17. The minimum atomic E-state index is 0.0777. The van der Waals surface area contributed by atoms with Gasteiger partial charge in [-0.25, -0.2) is 0 Å². The van der Waals surface area contributed by atoms with Crippen LogP contribution in [0, 0.1) is 18.3 Å². The molecule has 0 atom stereocenters. The van der Waals surface area contributed by atoms with Crippen molar-refractivity contribution in [3.05, 3.63) is 36.2 Å². The van der Waals surface area contributed by atoms with E-state index in [2.05, 4.69) is 13.0 Å². The normalized spacial score (nSPS) is 9.77. The van der Waals surface area contributed by atoms with Gasteiger partial charge in [0.25, 0.3) is 0 Å². The molecule has 0 bridgehead atoms. The van der Waals surface area contributed by atoms with Crippen LogP contribution >= 0.6 is 0 Å². The number of ether oxygens (including phenoxy) is 1. The summed E-state index contributed by atoms with van der Waals surface area (Å²) in [4.78, 5) is 0. The van der Waals surface area contributed by atoms with Crippen LogP contribution < -0.4 is 4.74 Å². The van der Waals surface area contributed by atoms with Crippen LogP contribution in [-0.4, -0.2) is 6.10 Å². The Morgan fingerprint density at radius 2 is 2.15 bits per heavy atom. The SMILES string of the molecule is [CH2]c1cccc(OC(C)C)c1C#N. The van der Waals surface area contributed by atoms with Gasteiger partial charge in [0.1, 0.15) is 11.8 Å². The molecule has 67 valence electrons. The van der Waals surface area contributed by atoms with Crippen molar-refractivity contribution in [1.29, 1.82) is 5.26 Å². The first-order chi connectivity index (χ1) is 6.15. The van der Waals surface area contributed by atoms with Gasteiger partial charge in [-0.1, -0.05) is 12.1 Å². The van der Waals surface area contributed by atoms with Crippen molar-refractivity contribution in [3.8, 4) is 11.8 Å². The quantitative estimate of drug-likeness (QED) is 0.690. The Morgan fingerprint density at radius 3 is 2.69 bits per heavy atom. The van der Waals surface area contributed by atoms with E-state index in [1.165, 1.54) is 0 Å². The first-order valence-corrected chi connectivity index (χ1v) is 4.17. The largest absolute Gasteiger partial charge is 0.490 e. The molecule has 0 aliphatic carbocycles. The third-order valence-corrected chi connectivity index (χ3v) is 1.59. The predicted molar refractivity (Wildman–Crippen MR) is 51.4 cm³/mol. The zero-order valence-electron chi connectivity index (χ0n) is 7.87. The molecule has 0 amide bonds. The molecule has 0 saturated heterocycles. The second-order valence-corrected chi connectivity index (χ2v) is 3.07. The Kier molecular flexibility index (Phi) is 2.92. The van der Waals surface area contributed by atoms with Crippen LogP contribution in [0.5, 0.6) is 5.75 Å². The van der Waals surface area contributed by atoms with Gasteiger partial charge in [0.2, 0.25) is 0 Å². The van der Waals surface area contributed by atoms with Crippen molar-refractivity contribution in [3.63, 3.8) is 0 Å². The van der Waals surface area contributed by atoms with E-state index in [4.69, 9.17) is 10.00 Å². The smallest absolute Gasteiger partial charge is 0.137 e. The summed E-state index contributed by atoms with van der Waals surface area (Å²) >= 11 is 0. The highest BCUT2D eigenvalue weighted by molar-refractivity contribution is 5.49. The molecular weight excluding hydrogens is 162 g/mol. The van der Waals surface area contributed by atoms with E-state index in [0.717, 1.165) is 0 Å². The number of rotatable bonds is 2. The maximum atomic E-state index is 8.84. The van der Waals surface area contributed by atoms with Crippen molar-refractivity contribution in [1.82, 2.24) is 0 Å². The van der Waals surface area contributed by atoms with Crippen molar-refractivity contribution in [2.45, 2.75) is 20.0 Å². The Labute approximate surface area is 78.8 Å². The summed E-state index contributed by atoms with van der Waals surface area (Å²) in [5.74, 6) is 0.616. The molecular formula is C11H12NO. The Balaban J connectivity index is 3.07. The molecule has 1 aromatic carbocycles. The van der Waals surface area contributed by atoms with Crippen molar-refractivity contribution < 1.29 is 4.74 Å². The molecule has 0 aliphatic heterocycles. The monoisotopic (exact) mass is 174 g/mol. The minimum absolute atomic E-state index is 0.0777. The maximum Gasteiger partial charge on any atom is 0.137 e. The van der Waals surface area contributed by atoms with Crippen LogP contribution in [-0.2, 0) is 0 Å². The molecule has 0 N–H and O–H groups in total. The summed E-state index contributed by atoms with van der Waals surface area (Å²) in [6.45, 7) is 7.61. The van der Waals surface area contributed by atoms with Gasteiger partial charge in [0.05, 0.1) is 11.7 Å². The lowest BCUT2D eigenvalue weighted by Gasteiger charge is -2.11. The lowest BCUT2D eigenvalue weighted by molar-refractivity contribution is 0.241. The molecule has 1 aromatic rings. The van der Waals surface area contributed by atoms with Gasteiger partial charge in [0.15, 0.2) is 0 Å². The molecule has 0 spiro atoms. The summed E-state index contributed by atoms with van der Waals surface area (Å²) in [5, 5.41) is 8.84. The third-order valence-electron chi connectivity index (χ3n) is 1.59. The number of hydrogen-bond donors (Lipinski definition) is 0. The fourth-order valence-electron chi connectivity index (χ4n) is 1.06. The first kappa shape index (κ1) is 9.60. The molecule has 1 radical (unpaired) electrons. The Bertz CT molecular complexity index is 336. The molecule has 0 aromatic heterocycles. The number of nitrogens with zero attached hydrogens (tertiary/aromatic N) is 1. The molecule has 0 heterocycles. The van der Waals surface area contributed by atoms with Crippen molar-refractivity contribution >= 4 is 0 Å². The maximum absolute atomic E-state index is 8.84. The highest BCUT2D eigenvalue weighted by Gasteiger charge is 2.06. The van der Waals surface area contributed by atoms with E-state index in [0.29, 0.717) is 16.9 Å². The summed E-state index contributed by atoms with van der Waals surface area (Å²) in [6.07, 6.45) is 0.0777. The second kappa shape index (κ2) is 3.95. The van der Waals surface area contributed by atoms with Crippen LogP contribution in [0.3, 0.4) is 0 Å². The Morgan fingerprint density at radius 1 is 1.46 bits per heavy atom. The Hall–Kier alpha value is -1.49. The van der Waals surface area contributed by atoms with Crippen LogP contribution in [0.1, 0.15) is 25.0 Å². The van der Waals surface area contributed by atoms with Gasteiger partial charge in [-0.15, -0.1) is 0 Å². The fourth-order valence-corrected chi connectivity index (χ4v) is 1.06. The predicted octanol–water partition coefficient (Wildman–Crippen LogP) is 2.53. The summed E-state index contributed by atoms with van der Waals surface area (Å²) in [5.41, 5.74) is 1.23. The van der Waals surface area contributed by atoms with E-state index in [9.17, 15) is 0 Å².